The lowest BCUT2D eigenvalue weighted by Gasteiger charge is -2.15. The summed E-state index contributed by atoms with van der Waals surface area (Å²) in [4.78, 5) is 16.2. The SMILES string of the molecule is CCOC(=O)c1cccnc1Nc1cc(OC)c(OC)c(OC)c1. The van der Waals surface area contributed by atoms with Crippen molar-refractivity contribution in [1.82, 2.24) is 4.98 Å². The standard InChI is InChI=1S/C17H20N2O5/c1-5-24-17(20)12-7-6-8-18-16(12)19-11-9-13(21-2)15(23-4)14(10-11)22-3/h6-10H,5H2,1-4H3,(H,18,19). The third-order valence-electron chi connectivity index (χ3n) is 3.23. The normalized spacial score (nSPS) is 10.0. The van der Waals surface area contributed by atoms with Crippen LogP contribution in [0.1, 0.15) is 17.3 Å². The van der Waals surface area contributed by atoms with Gasteiger partial charge in [0.15, 0.2) is 11.5 Å². The van der Waals surface area contributed by atoms with Gasteiger partial charge in [0.1, 0.15) is 11.4 Å². The highest BCUT2D eigenvalue weighted by atomic mass is 16.5. The van der Waals surface area contributed by atoms with Gasteiger partial charge in [-0.3, -0.25) is 0 Å². The summed E-state index contributed by atoms with van der Waals surface area (Å²) in [5.41, 5.74) is 0.974. The van der Waals surface area contributed by atoms with Crippen LogP contribution in [0.2, 0.25) is 0 Å². The Morgan fingerprint density at radius 2 is 1.79 bits per heavy atom. The molecule has 1 aromatic heterocycles. The van der Waals surface area contributed by atoms with Crippen molar-refractivity contribution in [2.75, 3.05) is 33.3 Å². The quantitative estimate of drug-likeness (QED) is 0.781. The Hall–Kier alpha value is -2.96. The van der Waals surface area contributed by atoms with Gasteiger partial charge in [0.25, 0.3) is 0 Å². The van der Waals surface area contributed by atoms with Crippen molar-refractivity contribution in [3.63, 3.8) is 0 Å². The van der Waals surface area contributed by atoms with Gasteiger partial charge in [-0.2, -0.15) is 0 Å². The van der Waals surface area contributed by atoms with Gasteiger partial charge in [-0.05, 0) is 19.1 Å². The van der Waals surface area contributed by atoms with Gasteiger partial charge >= 0.3 is 5.97 Å². The minimum Gasteiger partial charge on any atom is -0.493 e. The Bertz CT molecular complexity index is 693. The number of carbonyl (C=O) groups is 1. The van der Waals surface area contributed by atoms with Crippen molar-refractivity contribution in [1.29, 1.82) is 0 Å². The number of methoxy groups -OCH3 is 3. The van der Waals surface area contributed by atoms with Crippen molar-refractivity contribution >= 4 is 17.5 Å². The van der Waals surface area contributed by atoms with E-state index >= 15 is 0 Å². The third kappa shape index (κ3) is 3.68. The van der Waals surface area contributed by atoms with Crippen molar-refractivity contribution < 1.29 is 23.7 Å². The van der Waals surface area contributed by atoms with Crippen molar-refractivity contribution in [2.45, 2.75) is 6.92 Å². The largest absolute Gasteiger partial charge is 0.493 e. The van der Waals surface area contributed by atoms with Crippen LogP contribution in [0.3, 0.4) is 0 Å². The fourth-order valence-electron chi connectivity index (χ4n) is 2.17. The Kier molecular flexibility index (Phi) is 5.83. The summed E-state index contributed by atoms with van der Waals surface area (Å²) in [6.45, 7) is 2.04. The predicted octanol–water partition coefficient (Wildman–Crippen LogP) is 3.03. The third-order valence-corrected chi connectivity index (χ3v) is 3.23. The van der Waals surface area contributed by atoms with Crippen LogP contribution in [-0.2, 0) is 4.74 Å². The van der Waals surface area contributed by atoms with Crippen LogP contribution in [0.25, 0.3) is 0 Å². The number of pyridine rings is 1. The molecule has 0 fully saturated rings. The number of nitrogens with one attached hydrogen (secondary N) is 1. The van der Waals surface area contributed by atoms with Crippen molar-refractivity contribution in [3.05, 3.63) is 36.0 Å². The highest BCUT2D eigenvalue weighted by molar-refractivity contribution is 5.95. The van der Waals surface area contributed by atoms with E-state index in [-0.39, 0.29) is 6.61 Å². The number of hydrogen-bond acceptors (Lipinski definition) is 7. The number of anilines is 2. The number of rotatable bonds is 7. The summed E-state index contributed by atoms with van der Waals surface area (Å²) in [6, 6.07) is 6.77. The fourth-order valence-corrected chi connectivity index (χ4v) is 2.17. The van der Waals surface area contributed by atoms with E-state index in [1.54, 1.807) is 37.4 Å². The highest BCUT2D eigenvalue weighted by Gasteiger charge is 2.17. The van der Waals surface area contributed by atoms with E-state index in [4.69, 9.17) is 18.9 Å². The lowest BCUT2D eigenvalue weighted by Crippen LogP contribution is -2.09. The van der Waals surface area contributed by atoms with E-state index in [9.17, 15) is 4.79 Å². The second-order valence-corrected chi connectivity index (χ2v) is 4.66. The molecular weight excluding hydrogens is 312 g/mol. The van der Waals surface area contributed by atoms with Gasteiger partial charge in [-0.1, -0.05) is 0 Å². The first-order valence-corrected chi connectivity index (χ1v) is 7.33. The number of carbonyl (C=O) groups excluding carboxylic acids is 1. The molecule has 1 heterocycles. The van der Waals surface area contributed by atoms with Gasteiger partial charge in [-0.15, -0.1) is 0 Å². The lowest BCUT2D eigenvalue weighted by molar-refractivity contribution is 0.0527. The topological polar surface area (TPSA) is 78.9 Å². The summed E-state index contributed by atoms with van der Waals surface area (Å²) in [6.07, 6.45) is 1.59. The average Bonchev–Trinajstić information content (AvgIpc) is 2.61. The van der Waals surface area contributed by atoms with Gasteiger partial charge in [0, 0.05) is 24.0 Å². The zero-order chi connectivity index (χ0) is 17.5. The molecule has 2 rings (SSSR count). The molecule has 0 amide bonds. The number of aromatic nitrogens is 1. The van der Waals surface area contributed by atoms with Gasteiger partial charge < -0.3 is 24.3 Å². The molecule has 0 saturated heterocycles. The molecule has 7 heteroatoms. The first kappa shape index (κ1) is 17.4. The molecule has 2 aromatic rings. The summed E-state index contributed by atoms with van der Waals surface area (Å²) in [5, 5.41) is 3.09. The molecular formula is C17H20N2O5. The first-order chi connectivity index (χ1) is 11.6. The van der Waals surface area contributed by atoms with Gasteiger partial charge in [0.2, 0.25) is 5.75 Å². The number of ether oxygens (including phenoxy) is 4. The summed E-state index contributed by atoms with van der Waals surface area (Å²) in [7, 11) is 4.60. The Morgan fingerprint density at radius 1 is 1.12 bits per heavy atom. The van der Waals surface area contributed by atoms with Crippen LogP contribution in [0.5, 0.6) is 17.2 Å². The Balaban J connectivity index is 2.40. The zero-order valence-corrected chi connectivity index (χ0v) is 14.1. The van der Waals surface area contributed by atoms with Crippen molar-refractivity contribution in [2.24, 2.45) is 0 Å². The molecule has 128 valence electrons. The molecule has 0 bridgehead atoms. The molecule has 1 N–H and O–H groups in total. The molecule has 24 heavy (non-hydrogen) atoms. The monoisotopic (exact) mass is 332 g/mol. The molecule has 0 saturated carbocycles. The Labute approximate surface area is 140 Å². The molecule has 0 spiro atoms. The minimum absolute atomic E-state index is 0.289. The predicted molar refractivity (Wildman–Crippen MR) is 89.6 cm³/mol. The van der Waals surface area contributed by atoms with Gasteiger partial charge in [-0.25, -0.2) is 9.78 Å². The first-order valence-electron chi connectivity index (χ1n) is 7.33. The average molecular weight is 332 g/mol. The van der Waals surface area contributed by atoms with E-state index in [1.165, 1.54) is 21.3 Å². The van der Waals surface area contributed by atoms with Crippen molar-refractivity contribution in [3.8, 4) is 17.2 Å². The van der Waals surface area contributed by atoms with E-state index < -0.39 is 5.97 Å². The summed E-state index contributed by atoms with van der Waals surface area (Å²) < 4.78 is 21.0. The van der Waals surface area contributed by atoms with E-state index in [1.807, 2.05) is 0 Å². The number of hydrogen-bond donors (Lipinski definition) is 1. The van der Waals surface area contributed by atoms with Crippen LogP contribution in [0.4, 0.5) is 11.5 Å². The number of nitrogens with zero attached hydrogens (tertiary/aromatic N) is 1. The molecule has 0 aliphatic heterocycles. The van der Waals surface area contributed by atoms with Gasteiger partial charge in [0.05, 0.1) is 27.9 Å². The second kappa shape index (κ2) is 8.05. The minimum atomic E-state index is -0.444. The van der Waals surface area contributed by atoms with E-state index in [0.29, 0.717) is 34.3 Å². The zero-order valence-electron chi connectivity index (χ0n) is 14.1. The summed E-state index contributed by atoms with van der Waals surface area (Å²) >= 11 is 0. The molecule has 0 radical (unpaired) electrons. The molecule has 0 atom stereocenters. The number of esters is 1. The molecule has 1 aromatic carbocycles. The molecule has 0 aliphatic rings. The fraction of sp³-hybridized carbons (Fsp3) is 0.294. The van der Waals surface area contributed by atoms with Crippen LogP contribution in [-0.4, -0.2) is 38.9 Å². The maximum Gasteiger partial charge on any atom is 0.341 e. The van der Waals surface area contributed by atoms with E-state index in [0.717, 1.165) is 0 Å². The lowest BCUT2D eigenvalue weighted by atomic mass is 10.2. The maximum atomic E-state index is 12.0. The summed E-state index contributed by atoms with van der Waals surface area (Å²) in [5.74, 6) is 1.41. The van der Waals surface area contributed by atoms with Crippen LogP contribution >= 0.6 is 0 Å². The molecule has 7 nitrogen and oxygen atoms in total. The van der Waals surface area contributed by atoms with Crippen LogP contribution < -0.4 is 19.5 Å². The molecule has 0 aliphatic carbocycles. The smallest absolute Gasteiger partial charge is 0.341 e. The van der Waals surface area contributed by atoms with Crippen LogP contribution in [0, 0.1) is 0 Å². The maximum absolute atomic E-state index is 12.0. The number of benzene rings is 1. The second-order valence-electron chi connectivity index (χ2n) is 4.66. The molecule has 0 unspecified atom stereocenters. The van der Waals surface area contributed by atoms with Crippen LogP contribution in [0.15, 0.2) is 30.5 Å². The van der Waals surface area contributed by atoms with E-state index in [2.05, 4.69) is 10.3 Å². The Morgan fingerprint density at radius 3 is 2.33 bits per heavy atom. The highest BCUT2D eigenvalue weighted by Crippen LogP contribution is 2.40.